The van der Waals surface area contributed by atoms with Gasteiger partial charge in [-0.15, -0.1) is 0 Å². The number of methoxy groups -OCH3 is 1. The zero-order valence-electron chi connectivity index (χ0n) is 14.4. The molecule has 2 heterocycles. The molecule has 2 N–H and O–H groups in total. The molecule has 1 fully saturated rings. The Bertz CT molecular complexity index is 913. The predicted octanol–water partition coefficient (Wildman–Crippen LogP) is 3.08. The van der Waals surface area contributed by atoms with Gasteiger partial charge < -0.3 is 19.6 Å². The molecular formula is C20H20N2O4. The van der Waals surface area contributed by atoms with E-state index in [0.717, 1.165) is 10.9 Å². The van der Waals surface area contributed by atoms with E-state index in [1.807, 2.05) is 30.3 Å². The molecule has 6 heteroatoms. The lowest BCUT2D eigenvalue weighted by atomic mass is 9.75. The number of benzene rings is 1. The normalized spacial score (nSPS) is 20.4. The highest BCUT2D eigenvalue weighted by Crippen LogP contribution is 2.38. The lowest BCUT2D eigenvalue weighted by Crippen LogP contribution is -2.41. The Hall–Kier alpha value is -2.86. The van der Waals surface area contributed by atoms with Crippen molar-refractivity contribution in [2.45, 2.75) is 25.0 Å². The lowest BCUT2D eigenvalue weighted by molar-refractivity contribution is 0.0234. The molecule has 0 bridgehead atoms. The molecule has 0 spiro atoms. The summed E-state index contributed by atoms with van der Waals surface area (Å²) in [7, 11) is 1.56. The first-order chi connectivity index (χ1) is 12.7. The fourth-order valence-electron chi connectivity index (χ4n) is 3.44. The van der Waals surface area contributed by atoms with E-state index in [1.54, 1.807) is 19.4 Å². The topological polar surface area (TPSA) is 84.6 Å². The van der Waals surface area contributed by atoms with Gasteiger partial charge >= 0.3 is 0 Å². The first kappa shape index (κ1) is 16.6. The summed E-state index contributed by atoms with van der Waals surface area (Å²) < 4.78 is 10.6. The number of fused-ring (bicyclic) bond motifs is 1. The molecule has 1 aliphatic carbocycles. The number of para-hydroxylation sites is 1. The van der Waals surface area contributed by atoms with E-state index in [0.29, 0.717) is 29.9 Å². The Kier molecular flexibility index (Phi) is 4.34. The average Bonchev–Trinajstić information content (AvgIpc) is 3.08. The summed E-state index contributed by atoms with van der Waals surface area (Å²) in [5, 5.41) is 13.6. The van der Waals surface area contributed by atoms with E-state index in [1.165, 1.54) is 6.26 Å². The molecule has 1 atom stereocenters. The van der Waals surface area contributed by atoms with Crippen LogP contribution in [-0.2, 0) is 0 Å². The van der Waals surface area contributed by atoms with Crippen molar-refractivity contribution in [1.82, 2.24) is 10.3 Å². The monoisotopic (exact) mass is 352 g/mol. The fraction of sp³-hybridized carbons (Fsp3) is 0.300. The second-order valence-electron chi connectivity index (χ2n) is 6.62. The van der Waals surface area contributed by atoms with Gasteiger partial charge in [0.15, 0.2) is 0 Å². The van der Waals surface area contributed by atoms with Crippen LogP contribution >= 0.6 is 0 Å². The van der Waals surface area contributed by atoms with Crippen LogP contribution in [0.25, 0.3) is 11.0 Å². The van der Waals surface area contributed by atoms with E-state index in [4.69, 9.17) is 9.15 Å². The molecule has 0 saturated heterocycles. The molecular weight excluding hydrogens is 332 g/mol. The third-order valence-corrected chi connectivity index (χ3v) is 4.96. The molecule has 0 radical (unpaired) electrons. The van der Waals surface area contributed by atoms with Gasteiger partial charge in [0.05, 0.1) is 24.8 Å². The second kappa shape index (κ2) is 6.80. The molecule has 4 rings (SSSR count). The predicted molar refractivity (Wildman–Crippen MR) is 95.9 cm³/mol. The number of nitrogens with one attached hydrogen (secondary N) is 1. The van der Waals surface area contributed by atoms with Crippen molar-refractivity contribution < 1.29 is 19.1 Å². The zero-order valence-corrected chi connectivity index (χ0v) is 14.4. The number of nitrogens with zero attached hydrogens (tertiary/aromatic N) is 1. The number of hydrogen-bond donors (Lipinski definition) is 2. The standard InChI is InChI=1S/C20H20N2O4/c1-25-18-7-6-12(10-21-18)19(13-8-14(23)9-13)22-20(24)16-11-26-17-5-3-2-4-15(16)17/h2-7,10-11,13-14,19,23H,8-9H2,1H3,(H,22,24). The molecule has 0 aliphatic heterocycles. The van der Waals surface area contributed by atoms with E-state index < -0.39 is 0 Å². The van der Waals surface area contributed by atoms with Gasteiger partial charge in [-0.3, -0.25) is 4.79 Å². The maximum Gasteiger partial charge on any atom is 0.255 e. The van der Waals surface area contributed by atoms with Crippen LogP contribution in [0.2, 0.25) is 0 Å². The van der Waals surface area contributed by atoms with Gasteiger partial charge in [-0.25, -0.2) is 4.98 Å². The van der Waals surface area contributed by atoms with Gasteiger partial charge in [-0.05, 0) is 30.4 Å². The Morgan fingerprint density at radius 1 is 1.31 bits per heavy atom. The van der Waals surface area contributed by atoms with Gasteiger partial charge in [0.1, 0.15) is 11.8 Å². The number of hydrogen-bond acceptors (Lipinski definition) is 5. The Morgan fingerprint density at radius 2 is 2.12 bits per heavy atom. The van der Waals surface area contributed by atoms with Crippen molar-refractivity contribution in [3.63, 3.8) is 0 Å². The highest BCUT2D eigenvalue weighted by atomic mass is 16.5. The van der Waals surface area contributed by atoms with Crippen molar-refractivity contribution in [3.8, 4) is 5.88 Å². The molecule has 3 aromatic rings. The van der Waals surface area contributed by atoms with Crippen LogP contribution in [0.4, 0.5) is 0 Å². The molecule has 26 heavy (non-hydrogen) atoms. The van der Waals surface area contributed by atoms with Gasteiger partial charge in [0.2, 0.25) is 5.88 Å². The molecule has 1 saturated carbocycles. The van der Waals surface area contributed by atoms with E-state index in [-0.39, 0.29) is 24.0 Å². The SMILES string of the molecule is COc1ccc(C(NC(=O)c2coc3ccccc23)C2CC(O)C2)cn1. The van der Waals surface area contributed by atoms with Crippen LogP contribution in [0.1, 0.15) is 34.8 Å². The Labute approximate surface area is 150 Å². The average molecular weight is 352 g/mol. The van der Waals surface area contributed by atoms with Gasteiger partial charge in [-0.1, -0.05) is 24.3 Å². The third-order valence-electron chi connectivity index (χ3n) is 4.96. The number of amides is 1. The number of rotatable bonds is 5. The first-order valence-corrected chi connectivity index (χ1v) is 8.61. The Balaban J connectivity index is 1.60. The van der Waals surface area contributed by atoms with Gasteiger partial charge in [-0.2, -0.15) is 0 Å². The quantitative estimate of drug-likeness (QED) is 0.737. The van der Waals surface area contributed by atoms with E-state index in [2.05, 4.69) is 10.3 Å². The summed E-state index contributed by atoms with van der Waals surface area (Å²) in [6, 6.07) is 10.9. The molecule has 1 amide bonds. The minimum absolute atomic E-state index is 0.169. The summed E-state index contributed by atoms with van der Waals surface area (Å²) in [6.07, 6.45) is 4.20. The number of aromatic nitrogens is 1. The van der Waals surface area contributed by atoms with Crippen molar-refractivity contribution in [2.75, 3.05) is 7.11 Å². The highest BCUT2D eigenvalue weighted by Gasteiger charge is 2.36. The smallest absolute Gasteiger partial charge is 0.255 e. The Morgan fingerprint density at radius 3 is 2.81 bits per heavy atom. The number of ether oxygens (including phenoxy) is 1. The van der Waals surface area contributed by atoms with Crippen LogP contribution in [0, 0.1) is 5.92 Å². The van der Waals surface area contributed by atoms with Crippen LogP contribution in [0.3, 0.4) is 0 Å². The lowest BCUT2D eigenvalue weighted by Gasteiger charge is -2.38. The molecule has 1 aromatic carbocycles. The number of aliphatic hydroxyl groups is 1. The largest absolute Gasteiger partial charge is 0.481 e. The van der Waals surface area contributed by atoms with Crippen molar-refractivity contribution in [2.24, 2.45) is 5.92 Å². The first-order valence-electron chi connectivity index (χ1n) is 8.61. The van der Waals surface area contributed by atoms with Crippen LogP contribution in [-0.4, -0.2) is 29.2 Å². The molecule has 1 aliphatic rings. The van der Waals surface area contributed by atoms with Gasteiger partial charge in [0.25, 0.3) is 5.91 Å². The number of aliphatic hydroxyl groups excluding tert-OH is 1. The number of carbonyl (C=O) groups excluding carboxylic acids is 1. The third kappa shape index (κ3) is 3.04. The summed E-state index contributed by atoms with van der Waals surface area (Å²) >= 11 is 0. The number of carbonyl (C=O) groups is 1. The van der Waals surface area contributed by atoms with Crippen LogP contribution < -0.4 is 10.1 Å². The summed E-state index contributed by atoms with van der Waals surface area (Å²) in [6.45, 7) is 0. The van der Waals surface area contributed by atoms with E-state index >= 15 is 0 Å². The fourth-order valence-corrected chi connectivity index (χ4v) is 3.44. The number of furan rings is 1. The number of pyridine rings is 1. The molecule has 6 nitrogen and oxygen atoms in total. The van der Waals surface area contributed by atoms with Crippen molar-refractivity contribution >= 4 is 16.9 Å². The second-order valence-corrected chi connectivity index (χ2v) is 6.62. The minimum atomic E-state index is -0.305. The highest BCUT2D eigenvalue weighted by molar-refractivity contribution is 6.06. The molecule has 134 valence electrons. The molecule has 2 aromatic heterocycles. The van der Waals surface area contributed by atoms with Crippen LogP contribution in [0.5, 0.6) is 5.88 Å². The maximum atomic E-state index is 12.9. The van der Waals surface area contributed by atoms with Crippen molar-refractivity contribution in [3.05, 3.63) is 60.0 Å². The summed E-state index contributed by atoms with van der Waals surface area (Å²) in [5.41, 5.74) is 2.08. The van der Waals surface area contributed by atoms with Crippen LogP contribution in [0.15, 0.2) is 53.3 Å². The van der Waals surface area contributed by atoms with E-state index in [9.17, 15) is 9.90 Å². The van der Waals surface area contributed by atoms with Gasteiger partial charge in [0, 0.05) is 17.6 Å². The molecule has 1 unspecified atom stereocenters. The zero-order chi connectivity index (χ0) is 18.1. The summed E-state index contributed by atoms with van der Waals surface area (Å²) in [4.78, 5) is 17.1. The minimum Gasteiger partial charge on any atom is -0.481 e. The maximum absolute atomic E-state index is 12.9. The van der Waals surface area contributed by atoms with Crippen molar-refractivity contribution in [1.29, 1.82) is 0 Å². The summed E-state index contributed by atoms with van der Waals surface area (Å²) in [5.74, 6) is 0.493.